The molecule has 0 heterocycles. The topological polar surface area (TPSA) is 90.8 Å². The molecule has 0 aliphatic rings. The molecule has 0 aliphatic heterocycles. The van der Waals surface area contributed by atoms with Crippen molar-refractivity contribution in [3.63, 3.8) is 0 Å². The van der Waals surface area contributed by atoms with Crippen LogP contribution in [0.3, 0.4) is 0 Å². The van der Waals surface area contributed by atoms with E-state index in [9.17, 15) is 14.7 Å². The van der Waals surface area contributed by atoms with Crippen molar-refractivity contribution in [3.05, 3.63) is 93.5 Å². The van der Waals surface area contributed by atoms with Crippen LogP contribution in [0.5, 0.6) is 5.75 Å². The molecule has 2 amide bonds. The summed E-state index contributed by atoms with van der Waals surface area (Å²) in [6, 6.07) is 17.6. The van der Waals surface area contributed by atoms with Crippen LogP contribution in [0.25, 0.3) is 0 Å². The van der Waals surface area contributed by atoms with Crippen LogP contribution in [-0.2, 0) is 0 Å². The van der Waals surface area contributed by atoms with Crippen LogP contribution in [0.1, 0.15) is 26.3 Å². The first kappa shape index (κ1) is 20.4. The third-order valence-electron chi connectivity index (χ3n) is 3.90. The first-order valence-corrected chi connectivity index (χ1v) is 9.18. The van der Waals surface area contributed by atoms with Crippen molar-refractivity contribution in [2.24, 2.45) is 5.10 Å². The van der Waals surface area contributed by atoms with Gasteiger partial charge in [-0.25, -0.2) is 5.43 Å². The Bertz CT molecular complexity index is 1100. The molecule has 3 N–H and O–H groups in total. The van der Waals surface area contributed by atoms with Gasteiger partial charge in [0.25, 0.3) is 11.8 Å². The Morgan fingerprint density at radius 1 is 0.897 bits per heavy atom. The van der Waals surface area contributed by atoms with E-state index in [0.717, 1.165) is 0 Å². The molecule has 0 aromatic heterocycles. The van der Waals surface area contributed by atoms with Crippen molar-refractivity contribution < 1.29 is 14.7 Å². The second-order valence-corrected chi connectivity index (χ2v) is 6.73. The van der Waals surface area contributed by atoms with Crippen molar-refractivity contribution in [1.82, 2.24) is 5.43 Å². The van der Waals surface area contributed by atoms with Crippen molar-refractivity contribution in [2.45, 2.75) is 0 Å². The molecule has 146 valence electrons. The Kier molecular flexibility index (Phi) is 6.49. The van der Waals surface area contributed by atoms with Crippen LogP contribution in [0.4, 0.5) is 5.69 Å². The molecular formula is C21H15Cl2N3O3. The van der Waals surface area contributed by atoms with Crippen LogP contribution in [0.15, 0.2) is 71.8 Å². The van der Waals surface area contributed by atoms with Gasteiger partial charge in [-0.05, 0) is 42.5 Å². The fourth-order valence-corrected chi connectivity index (χ4v) is 2.97. The molecule has 6 nitrogen and oxygen atoms in total. The lowest BCUT2D eigenvalue weighted by Gasteiger charge is -2.11. The Labute approximate surface area is 176 Å². The number of benzene rings is 3. The lowest BCUT2D eigenvalue weighted by atomic mass is 10.1. The molecule has 0 aliphatic carbocycles. The maximum atomic E-state index is 12.5. The standard InChI is InChI=1S/C21H15Cl2N3O3/c22-14-9-10-15(17(23)11-14)20(28)25-18-7-3-2-6-16(18)21(29)26-24-12-13-5-1-4-8-19(13)27/h1-12,27H,(H,25,28)(H,26,29)/b24-12-. The van der Waals surface area contributed by atoms with Gasteiger partial charge < -0.3 is 10.4 Å². The molecule has 0 bridgehead atoms. The summed E-state index contributed by atoms with van der Waals surface area (Å²) in [5, 5.41) is 16.8. The number of hydrogen-bond donors (Lipinski definition) is 3. The number of hydrazone groups is 1. The first-order chi connectivity index (χ1) is 14.0. The van der Waals surface area contributed by atoms with Gasteiger partial charge in [-0.15, -0.1) is 0 Å². The zero-order valence-corrected chi connectivity index (χ0v) is 16.4. The average Bonchev–Trinajstić information content (AvgIpc) is 2.69. The summed E-state index contributed by atoms with van der Waals surface area (Å²) in [6.45, 7) is 0. The molecule has 29 heavy (non-hydrogen) atoms. The summed E-state index contributed by atoms with van der Waals surface area (Å²) in [5.41, 5.74) is 3.55. The number of amides is 2. The van der Waals surface area contributed by atoms with E-state index in [1.54, 1.807) is 48.5 Å². The summed E-state index contributed by atoms with van der Waals surface area (Å²) in [4.78, 5) is 25.0. The monoisotopic (exact) mass is 427 g/mol. The smallest absolute Gasteiger partial charge is 0.273 e. The highest BCUT2D eigenvalue weighted by molar-refractivity contribution is 6.37. The third kappa shape index (κ3) is 5.13. The number of nitrogens with zero attached hydrogens (tertiary/aromatic N) is 1. The Morgan fingerprint density at radius 3 is 2.38 bits per heavy atom. The van der Waals surface area contributed by atoms with Gasteiger partial charge in [-0.3, -0.25) is 9.59 Å². The molecule has 0 atom stereocenters. The molecule has 3 rings (SSSR count). The summed E-state index contributed by atoms with van der Waals surface area (Å²) in [6.07, 6.45) is 1.32. The fourth-order valence-electron chi connectivity index (χ4n) is 2.47. The largest absolute Gasteiger partial charge is 0.507 e. The lowest BCUT2D eigenvalue weighted by Crippen LogP contribution is -2.21. The lowest BCUT2D eigenvalue weighted by molar-refractivity contribution is 0.0956. The molecular weight excluding hydrogens is 413 g/mol. The van der Waals surface area contributed by atoms with Gasteiger partial charge in [0.15, 0.2) is 0 Å². The van der Waals surface area contributed by atoms with E-state index >= 15 is 0 Å². The number of nitrogens with one attached hydrogen (secondary N) is 2. The van der Waals surface area contributed by atoms with Gasteiger partial charge >= 0.3 is 0 Å². The number of aromatic hydroxyl groups is 1. The first-order valence-electron chi connectivity index (χ1n) is 8.42. The molecule has 0 spiro atoms. The van der Waals surface area contributed by atoms with Gasteiger partial charge in [-0.1, -0.05) is 47.5 Å². The quantitative estimate of drug-likeness (QED) is 0.406. The van der Waals surface area contributed by atoms with E-state index < -0.39 is 11.8 Å². The number of phenols is 1. The minimum absolute atomic E-state index is 0.0398. The second kappa shape index (κ2) is 9.23. The van der Waals surface area contributed by atoms with Gasteiger partial charge in [0.2, 0.25) is 0 Å². The van der Waals surface area contributed by atoms with E-state index in [-0.39, 0.29) is 21.9 Å². The van der Waals surface area contributed by atoms with E-state index in [1.807, 2.05) is 0 Å². The van der Waals surface area contributed by atoms with Crippen molar-refractivity contribution in [2.75, 3.05) is 5.32 Å². The van der Waals surface area contributed by atoms with Crippen LogP contribution < -0.4 is 10.7 Å². The predicted molar refractivity (Wildman–Crippen MR) is 114 cm³/mol. The minimum atomic E-state index is -0.533. The van der Waals surface area contributed by atoms with Crippen molar-refractivity contribution >= 4 is 46.9 Å². The van der Waals surface area contributed by atoms with E-state index in [0.29, 0.717) is 16.3 Å². The number of hydrogen-bond acceptors (Lipinski definition) is 4. The molecule has 3 aromatic rings. The SMILES string of the molecule is O=C(Nc1ccccc1C(=O)N/N=C\c1ccccc1O)c1ccc(Cl)cc1Cl. The van der Waals surface area contributed by atoms with Gasteiger partial charge in [0.05, 0.1) is 28.1 Å². The molecule has 8 heteroatoms. The maximum Gasteiger partial charge on any atom is 0.273 e. The molecule has 0 unspecified atom stereocenters. The minimum Gasteiger partial charge on any atom is -0.507 e. The van der Waals surface area contributed by atoms with Crippen LogP contribution in [0.2, 0.25) is 10.0 Å². The number of rotatable bonds is 5. The number of phenolic OH excluding ortho intramolecular Hbond substituents is 1. The molecule has 0 fully saturated rings. The van der Waals surface area contributed by atoms with Crippen LogP contribution in [0, 0.1) is 0 Å². The summed E-state index contributed by atoms with van der Waals surface area (Å²) >= 11 is 11.9. The predicted octanol–water partition coefficient (Wildman–Crippen LogP) is 4.72. The van der Waals surface area contributed by atoms with Gasteiger partial charge in [0.1, 0.15) is 5.75 Å². The Hall–Kier alpha value is -3.35. The third-order valence-corrected chi connectivity index (χ3v) is 4.45. The highest BCUT2D eigenvalue weighted by Gasteiger charge is 2.15. The van der Waals surface area contributed by atoms with Gasteiger partial charge in [0, 0.05) is 10.6 Å². The van der Waals surface area contributed by atoms with Crippen LogP contribution >= 0.6 is 23.2 Å². The zero-order valence-electron chi connectivity index (χ0n) is 14.9. The number of carbonyl (C=O) groups is 2. The van der Waals surface area contributed by atoms with E-state index in [1.165, 1.54) is 24.4 Å². The number of halogens is 2. The summed E-state index contributed by atoms with van der Waals surface area (Å²) in [5.74, 6) is -0.975. The fraction of sp³-hybridized carbons (Fsp3) is 0. The highest BCUT2D eigenvalue weighted by atomic mass is 35.5. The van der Waals surface area contributed by atoms with Crippen LogP contribution in [-0.4, -0.2) is 23.1 Å². The summed E-state index contributed by atoms with van der Waals surface area (Å²) < 4.78 is 0. The normalized spacial score (nSPS) is 10.7. The van der Waals surface area contributed by atoms with Crippen molar-refractivity contribution in [1.29, 1.82) is 0 Å². The second-order valence-electron chi connectivity index (χ2n) is 5.88. The van der Waals surface area contributed by atoms with Gasteiger partial charge in [-0.2, -0.15) is 5.10 Å². The van der Waals surface area contributed by atoms with E-state index in [4.69, 9.17) is 23.2 Å². The highest BCUT2D eigenvalue weighted by Crippen LogP contribution is 2.23. The molecule has 0 saturated carbocycles. The number of para-hydroxylation sites is 2. The zero-order chi connectivity index (χ0) is 20.8. The number of carbonyl (C=O) groups excluding carboxylic acids is 2. The average molecular weight is 428 g/mol. The Morgan fingerprint density at radius 2 is 1.62 bits per heavy atom. The summed E-state index contributed by atoms with van der Waals surface area (Å²) in [7, 11) is 0. The molecule has 3 aromatic carbocycles. The number of anilines is 1. The molecule has 0 saturated heterocycles. The van der Waals surface area contributed by atoms with E-state index in [2.05, 4.69) is 15.8 Å². The maximum absolute atomic E-state index is 12.5. The Balaban J connectivity index is 1.75. The van der Waals surface area contributed by atoms with Crippen molar-refractivity contribution in [3.8, 4) is 5.75 Å². The molecule has 0 radical (unpaired) electrons.